The fourth-order valence-electron chi connectivity index (χ4n) is 1.65. The van der Waals surface area contributed by atoms with Gasteiger partial charge in [-0.2, -0.15) is 0 Å². The Morgan fingerprint density at radius 1 is 1.11 bits per heavy atom. The lowest BCUT2D eigenvalue weighted by molar-refractivity contribution is 0.101. The molecular weight excluding hydrogens is 228 g/mol. The summed E-state index contributed by atoms with van der Waals surface area (Å²) in [6, 6.07) is 5.34. The number of ketones is 1. The Balaban J connectivity index is 2.73. The number of hydrogen-bond donors (Lipinski definition) is 0. The Morgan fingerprint density at radius 2 is 1.89 bits per heavy atom. The first kappa shape index (κ1) is 14.6. The largest absolute Gasteiger partial charge is 0.490 e. The highest BCUT2D eigenvalue weighted by atomic mass is 16.5. The molecule has 1 aromatic carbocycles. The number of ether oxygens (including phenoxy) is 2. The van der Waals surface area contributed by atoms with Gasteiger partial charge in [-0.1, -0.05) is 19.8 Å². The Morgan fingerprint density at radius 3 is 2.50 bits per heavy atom. The first-order valence-electron chi connectivity index (χ1n) is 6.59. The van der Waals surface area contributed by atoms with Crippen LogP contribution in [0.3, 0.4) is 0 Å². The molecule has 0 amide bonds. The SMILES string of the molecule is CCCCCOc1ccc(C(C)=O)cc1OCC. The third kappa shape index (κ3) is 4.40. The number of unbranched alkanes of at least 4 members (excludes halogenated alkanes) is 2. The summed E-state index contributed by atoms with van der Waals surface area (Å²) in [6.07, 6.45) is 3.37. The molecule has 0 aliphatic rings. The fraction of sp³-hybridized carbons (Fsp3) is 0.533. The maximum absolute atomic E-state index is 11.3. The molecule has 0 bridgehead atoms. The smallest absolute Gasteiger partial charge is 0.161 e. The minimum Gasteiger partial charge on any atom is -0.490 e. The lowest BCUT2D eigenvalue weighted by Gasteiger charge is -2.12. The molecule has 0 atom stereocenters. The van der Waals surface area contributed by atoms with E-state index in [9.17, 15) is 4.79 Å². The Bertz CT molecular complexity index is 385. The van der Waals surface area contributed by atoms with Gasteiger partial charge in [-0.25, -0.2) is 0 Å². The van der Waals surface area contributed by atoms with Gasteiger partial charge in [0.05, 0.1) is 13.2 Å². The van der Waals surface area contributed by atoms with Gasteiger partial charge in [0, 0.05) is 5.56 Å². The van der Waals surface area contributed by atoms with Crippen molar-refractivity contribution in [2.45, 2.75) is 40.0 Å². The first-order valence-corrected chi connectivity index (χ1v) is 6.59. The van der Waals surface area contributed by atoms with Crippen molar-refractivity contribution in [3.8, 4) is 11.5 Å². The van der Waals surface area contributed by atoms with E-state index in [1.54, 1.807) is 19.1 Å². The molecular formula is C15H22O3. The van der Waals surface area contributed by atoms with Crippen molar-refractivity contribution in [3.05, 3.63) is 23.8 Å². The van der Waals surface area contributed by atoms with Crippen LogP contribution in [-0.4, -0.2) is 19.0 Å². The average Bonchev–Trinajstić information content (AvgIpc) is 2.36. The van der Waals surface area contributed by atoms with E-state index in [-0.39, 0.29) is 5.78 Å². The molecule has 0 spiro atoms. The maximum atomic E-state index is 11.3. The number of carbonyl (C=O) groups excluding carboxylic acids is 1. The van der Waals surface area contributed by atoms with E-state index in [1.807, 2.05) is 13.0 Å². The van der Waals surface area contributed by atoms with Crippen LogP contribution in [0.4, 0.5) is 0 Å². The topological polar surface area (TPSA) is 35.5 Å². The van der Waals surface area contributed by atoms with Crippen molar-refractivity contribution in [2.75, 3.05) is 13.2 Å². The molecule has 1 aromatic rings. The van der Waals surface area contributed by atoms with E-state index in [0.717, 1.165) is 18.6 Å². The lowest BCUT2D eigenvalue weighted by atomic mass is 10.1. The summed E-state index contributed by atoms with van der Waals surface area (Å²) in [5, 5.41) is 0. The van der Waals surface area contributed by atoms with Crippen LogP contribution < -0.4 is 9.47 Å². The number of benzene rings is 1. The summed E-state index contributed by atoms with van der Waals surface area (Å²) in [4.78, 5) is 11.3. The molecule has 3 heteroatoms. The Hall–Kier alpha value is -1.51. The molecule has 0 radical (unpaired) electrons. The number of hydrogen-bond acceptors (Lipinski definition) is 3. The number of rotatable bonds is 8. The molecule has 0 aliphatic heterocycles. The molecule has 0 aliphatic carbocycles. The van der Waals surface area contributed by atoms with Crippen molar-refractivity contribution in [1.82, 2.24) is 0 Å². The molecule has 0 aromatic heterocycles. The lowest BCUT2D eigenvalue weighted by Crippen LogP contribution is -2.02. The first-order chi connectivity index (χ1) is 8.69. The summed E-state index contributed by atoms with van der Waals surface area (Å²) < 4.78 is 11.2. The molecule has 0 saturated carbocycles. The summed E-state index contributed by atoms with van der Waals surface area (Å²) in [5.41, 5.74) is 0.652. The molecule has 0 N–H and O–H groups in total. The van der Waals surface area contributed by atoms with Crippen LogP contribution in [0.15, 0.2) is 18.2 Å². The van der Waals surface area contributed by atoms with Crippen molar-refractivity contribution < 1.29 is 14.3 Å². The third-order valence-electron chi connectivity index (χ3n) is 2.66. The summed E-state index contributed by atoms with van der Waals surface area (Å²) in [7, 11) is 0. The minimum atomic E-state index is 0.0356. The second-order valence-electron chi connectivity index (χ2n) is 4.21. The molecule has 0 saturated heterocycles. The van der Waals surface area contributed by atoms with Crippen LogP contribution in [0.5, 0.6) is 11.5 Å². The molecule has 18 heavy (non-hydrogen) atoms. The van der Waals surface area contributed by atoms with Crippen LogP contribution in [0.2, 0.25) is 0 Å². The van der Waals surface area contributed by atoms with E-state index in [2.05, 4.69) is 6.92 Å². The number of carbonyl (C=O) groups is 1. The van der Waals surface area contributed by atoms with Gasteiger partial charge in [0.1, 0.15) is 0 Å². The molecule has 0 unspecified atom stereocenters. The van der Waals surface area contributed by atoms with Crippen LogP contribution in [-0.2, 0) is 0 Å². The second kappa shape index (κ2) is 7.75. The summed E-state index contributed by atoms with van der Waals surface area (Å²) >= 11 is 0. The maximum Gasteiger partial charge on any atom is 0.161 e. The van der Waals surface area contributed by atoms with Crippen LogP contribution >= 0.6 is 0 Å². The number of Topliss-reactive ketones (excluding diaryl/α,β-unsaturated/α-hetero) is 1. The monoisotopic (exact) mass is 250 g/mol. The van der Waals surface area contributed by atoms with E-state index >= 15 is 0 Å². The van der Waals surface area contributed by atoms with Gasteiger partial charge >= 0.3 is 0 Å². The zero-order chi connectivity index (χ0) is 13.4. The predicted molar refractivity (Wildman–Crippen MR) is 72.6 cm³/mol. The van der Waals surface area contributed by atoms with Crippen molar-refractivity contribution in [2.24, 2.45) is 0 Å². The zero-order valence-corrected chi connectivity index (χ0v) is 11.5. The van der Waals surface area contributed by atoms with Gasteiger partial charge in [-0.05, 0) is 38.5 Å². The molecule has 0 fully saturated rings. The van der Waals surface area contributed by atoms with E-state index in [1.165, 1.54) is 6.42 Å². The van der Waals surface area contributed by atoms with Gasteiger partial charge in [0.25, 0.3) is 0 Å². The van der Waals surface area contributed by atoms with Crippen molar-refractivity contribution in [3.63, 3.8) is 0 Å². The van der Waals surface area contributed by atoms with Crippen molar-refractivity contribution in [1.29, 1.82) is 0 Å². The summed E-state index contributed by atoms with van der Waals surface area (Å²) in [5.74, 6) is 1.41. The predicted octanol–water partition coefficient (Wildman–Crippen LogP) is 3.86. The summed E-state index contributed by atoms with van der Waals surface area (Å²) in [6.45, 7) is 6.88. The molecule has 100 valence electrons. The molecule has 0 heterocycles. The highest BCUT2D eigenvalue weighted by Gasteiger charge is 2.08. The third-order valence-corrected chi connectivity index (χ3v) is 2.66. The quantitative estimate of drug-likeness (QED) is 0.519. The highest BCUT2D eigenvalue weighted by molar-refractivity contribution is 5.94. The van der Waals surface area contributed by atoms with Gasteiger partial charge in [-0.15, -0.1) is 0 Å². The van der Waals surface area contributed by atoms with Crippen molar-refractivity contribution >= 4 is 5.78 Å². The van der Waals surface area contributed by atoms with E-state index < -0.39 is 0 Å². The fourth-order valence-corrected chi connectivity index (χ4v) is 1.65. The molecule has 1 rings (SSSR count). The average molecular weight is 250 g/mol. The minimum absolute atomic E-state index is 0.0356. The van der Waals surface area contributed by atoms with Crippen LogP contribution in [0.25, 0.3) is 0 Å². The standard InChI is InChI=1S/C15H22O3/c1-4-6-7-10-18-14-9-8-13(12(3)16)11-15(14)17-5-2/h8-9,11H,4-7,10H2,1-3H3. The molecule has 3 nitrogen and oxygen atoms in total. The van der Waals surface area contributed by atoms with E-state index in [0.29, 0.717) is 24.5 Å². The van der Waals surface area contributed by atoms with Crippen LogP contribution in [0.1, 0.15) is 50.4 Å². The Kier molecular flexibility index (Phi) is 6.26. The van der Waals surface area contributed by atoms with E-state index in [4.69, 9.17) is 9.47 Å². The van der Waals surface area contributed by atoms with Gasteiger partial charge < -0.3 is 9.47 Å². The van der Waals surface area contributed by atoms with Gasteiger partial charge in [0.2, 0.25) is 0 Å². The zero-order valence-electron chi connectivity index (χ0n) is 11.5. The van der Waals surface area contributed by atoms with Crippen LogP contribution in [0, 0.1) is 0 Å². The normalized spacial score (nSPS) is 10.2. The Labute approximate surface area is 109 Å². The second-order valence-corrected chi connectivity index (χ2v) is 4.21. The van der Waals surface area contributed by atoms with Gasteiger partial charge in [-0.3, -0.25) is 4.79 Å². The highest BCUT2D eigenvalue weighted by Crippen LogP contribution is 2.28. The van der Waals surface area contributed by atoms with Gasteiger partial charge in [0.15, 0.2) is 17.3 Å².